The van der Waals surface area contributed by atoms with Gasteiger partial charge in [0.15, 0.2) is 11.5 Å². The van der Waals surface area contributed by atoms with Gasteiger partial charge in [-0.2, -0.15) is 0 Å². The van der Waals surface area contributed by atoms with Gasteiger partial charge in [-0.15, -0.1) is 0 Å². The minimum atomic E-state index is -0.719. The number of nitrogens with zero attached hydrogens (tertiary/aromatic N) is 1. The molecule has 0 unspecified atom stereocenters. The van der Waals surface area contributed by atoms with Crippen molar-refractivity contribution in [1.29, 1.82) is 0 Å². The molecule has 1 saturated heterocycles. The Hall–Kier alpha value is -1.75. The Balaban J connectivity index is 1.67. The summed E-state index contributed by atoms with van der Waals surface area (Å²) >= 11 is 0. The highest BCUT2D eigenvalue weighted by Gasteiger charge is 2.27. The van der Waals surface area contributed by atoms with Gasteiger partial charge in [0.05, 0.1) is 0 Å². The van der Waals surface area contributed by atoms with Gasteiger partial charge in [-0.05, 0) is 50.0 Å². The maximum atomic E-state index is 10.6. The summed E-state index contributed by atoms with van der Waals surface area (Å²) in [5.74, 6) is 0.910. The van der Waals surface area contributed by atoms with Gasteiger partial charge in [0.25, 0.3) is 0 Å². The first kappa shape index (κ1) is 13.2. The first-order valence-corrected chi connectivity index (χ1v) is 7.09. The highest BCUT2D eigenvalue weighted by Crippen LogP contribution is 2.38. The van der Waals surface area contributed by atoms with Gasteiger partial charge in [-0.3, -0.25) is 9.69 Å². The van der Waals surface area contributed by atoms with Gasteiger partial charge in [0.2, 0.25) is 6.79 Å². The zero-order valence-electron chi connectivity index (χ0n) is 11.4. The summed E-state index contributed by atoms with van der Waals surface area (Å²) < 4.78 is 10.8. The molecule has 0 aliphatic carbocycles. The number of fused-ring (bicyclic) bond motifs is 1. The van der Waals surface area contributed by atoms with Gasteiger partial charge in [0, 0.05) is 12.5 Å². The van der Waals surface area contributed by atoms with Crippen molar-refractivity contribution in [3.63, 3.8) is 0 Å². The third-order valence-corrected chi connectivity index (χ3v) is 3.98. The number of aliphatic carboxylic acids is 1. The van der Waals surface area contributed by atoms with Crippen molar-refractivity contribution in [2.45, 2.75) is 31.7 Å². The van der Waals surface area contributed by atoms with E-state index in [1.54, 1.807) is 0 Å². The van der Waals surface area contributed by atoms with Crippen LogP contribution in [0.3, 0.4) is 0 Å². The lowest BCUT2D eigenvalue weighted by atomic mass is 10.0. The smallest absolute Gasteiger partial charge is 0.303 e. The second kappa shape index (κ2) is 5.71. The summed E-state index contributed by atoms with van der Waals surface area (Å²) in [6.45, 7) is 2.18. The van der Waals surface area contributed by atoms with Crippen LogP contribution in [0.25, 0.3) is 0 Å². The lowest BCUT2D eigenvalue weighted by Crippen LogP contribution is -2.24. The Morgan fingerprint density at radius 1 is 1.35 bits per heavy atom. The van der Waals surface area contributed by atoms with E-state index in [9.17, 15) is 4.79 Å². The average molecular weight is 277 g/mol. The lowest BCUT2D eigenvalue weighted by Gasteiger charge is -2.24. The number of benzene rings is 1. The van der Waals surface area contributed by atoms with Crippen molar-refractivity contribution < 1.29 is 19.4 Å². The minimum Gasteiger partial charge on any atom is -0.481 e. The predicted molar refractivity (Wildman–Crippen MR) is 73.0 cm³/mol. The van der Waals surface area contributed by atoms with Crippen LogP contribution in [0.5, 0.6) is 11.5 Å². The van der Waals surface area contributed by atoms with Crippen LogP contribution in [0, 0.1) is 0 Å². The summed E-state index contributed by atoms with van der Waals surface area (Å²) in [6, 6.07) is 6.49. The minimum absolute atomic E-state index is 0.240. The van der Waals surface area contributed by atoms with Gasteiger partial charge in [0.1, 0.15) is 0 Å². The number of carboxylic acid groups (broad SMARTS) is 1. The van der Waals surface area contributed by atoms with Crippen LogP contribution in [-0.4, -0.2) is 35.9 Å². The SMILES string of the molecule is O=C(O)CCCN1CCC[C@H]1c1ccc2c(c1)OCO2. The second-order valence-corrected chi connectivity index (χ2v) is 5.30. The normalized spacial score (nSPS) is 21.3. The fourth-order valence-electron chi connectivity index (χ4n) is 3.03. The van der Waals surface area contributed by atoms with Crippen LogP contribution in [0.15, 0.2) is 18.2 Å². The molecule has 3 rings (SSSR count). The number of likely N-dealkylation sites (tertiary alicyclic amines) is 1. The third kappa shape index (κ3) is 2.72. The molecule has 5 nitrogen and oxygen atoms in total. The van der Waals surface area contributed by atoms with Gasteiger partial charge < -0.3 is 14.6 Å². The first-order chi connectivity index (χ1) is 9.74. The van der Waals surface area contributed by atoms with Crippen LogP contribution in [0.4, 0.5) is 0 Å². The summed E-state index contributed by atoms with van der Waals surface area (Å²) in [7, 11) is 0. The van der Waals surface area contributed by atoms with Crippen molar-refractivity contribution in [1.82, 2.24) is 4.90 Å². The molecule has 0 radical (unpaired) electrons. The van der Waals surface area contributed by atoms with Crippen LogP contribution in [0.2, 0.25) is 0 Å². The van der Waals surface area contributed by atoms with Crippen LogP contribution >= 0.6 is 0 Å². The number of hydrogen-bond donors (Lipinski definition) is 1. The second-order valence-electron chi connectivity index (χ2n) is 5.30. The fraction of sp³-hybridized carbons (Fsp3) is 0.533. The quantitative estimate of drug-likeness (QED) is 0.895. The fourth-order valence-corrected chi connectivity index (χ4v) is 3.03. The van der Waals surface area contributed by atoms with Crippen molar-refractivity contribution in [3.8, 4) is 11.5 Å². The first-order valence-electron chi connectivity index (χ1n) is 7.09. The lowest BCUT2D eigenvalue weighted by molar-refractivity contribution is -0.137. The van der Waals surface area contributed by atoms with Crippen molar-refractivity contribution in [2.24, 2.45) is 0 Å². The Bertz CT molecular complexity index is 503. The van der Waals surface area contributed by atoms with Crippen LogP contribution in [-0.2, 0) is 4.79 Å². The van der Waals surface area contributed by atoms with E-state index in [1.807, 2.05) is 6.07 Å². The van der Waals surface area contributed by atoms with Gasteiger partial charge >= 0.3 is 5.97 Å². The van der Waals surface area contributed by atoms with Gasteiger partial charge in [-0.1, -0.05) is 6.07 Å². The molecule has 0 spiro atoms. The van der Waals surface area contributed by atoms with Crippen molar-refractivity contribution in [2.75, 3.05) is 19.9 Å². The molecule has 1 aromatic carbocycles. The van der Waals surface area contributed by atoms with E-state index in [0.717, 1.165) is 37.4 Å². The average Bonchev–Trinajstić information content (AvgIpc) is 3.05. The molecule has 1 aromatic rings. The molecule has 0 amide bonds. The molecule has 2 heterocycles. The highest BCUT2D eigenvalue weighted by atomic mass is 16.7. The number of carboxylic acids is 1. The van der Waals surface area contributed by atoms with E-state index in [1.165, 1.54) is 5.56 Å². The van der Waals surface area contributed by atoms with Crippen molar-refractivity contribution >= 4 is 5.97 Å². The monoisotopic (exact) mass is 277 g/mol. The Morgan fingerprint density at radius 2 is 2.20 bits per heavy atom. The number of carbonyl (C=O) groups is 1. The number of ether oxygens (including phenoxy) is 2. The Morgan fingerprint density at radius 3 is 3.05 bits per heavy atom. The van der Waals surface area contributed by atoms with E-state index in [2.05, 4.69) is 17.0 Å². The zero-order chi connectivity index (χ0) is 13.9. The molecule has 0 aromatic heterocycles. The van der Waals surface area contributed by atoms with E-state index >= 15 is 0 Å². The maximum Gasteiger partial charge on any atom is 0.303 e. The van der Waals surface area contributed by atoms with Crippen LogP contribution in [0.1, 0.15) is 37.3 Å². The van der Waals surface area contributed by atoms with Gasteiger partial charge in [-0.25, -0.2) is 0 Å². The molecule has 20 heavy (non-hydrogen) atoms. The molecule has 0 saturated carbocycles. The van der Waals surface area contributed by atoms with E-state index in [0.29, 0.717) is 19.3 Å². The maximum absolute atomic E-state index is 10.6. The van der Waals surface area contributed by atoms with Crippen LogP contribution < -0.4 is 9.47 Å². The largest absolute Gasteiger partial charge is 0.481 e. The molecule has 1 atom stereocenters. The Kier molecular flexibility index (Phi) is 3.78. The topological polar surface area (TPSA) is 59.0 Å². The standard InChI is InChI=1S/C15H19NO4/c17-15(18)4-2-8-16-7-1-3-12(16)11-5-6-13-14(9-11)20-10-19-13/h5-6,9,12H,1-4,7-8,10H2,(H,17,18)/t12-/m0/s1. The molecule has 1 N–H and O–H groups in total. The molecule has 5 heteroatoms. The summed E-state index contributed by atoms with van der Waals surface area (Å²) in [6.07, 6.45) is 3.22. The summed E-state index contributed by atoms with van der Waals surface area (Å²) in [4.78, 5) is 13.0. The molecule has 0 bridgehead atoms. The molecular formula is C15H19NO4. The molecule has 1 fully saturated rings. The van der Waals surface area contributed by atoms with E-state index in [-0.39, 0.29) is 6.42 Å². The molecule has 2 aliphatic heterocycles. The zero-order valence-corrected chi connectivity index (χ0v) is 11.4. The summed E-state index contributed by atoms with van der Waals surface area (Å²) in [5.41, 5.74) is 1.24. The third-order valence-electron chi connectivity index (χ3n) is 3.98. The Labute approximate surface area is 118 Å². The number of rotatable bonds is 5. The predicted octanol–water partition coefficient (Wildman–Crippen LogP) is 2.42. The highest BCUT2D eigenvalue weighted by molar-refractivity contribution is 5.66. The van der Waals surface area contributed by atoms with E-state index < -0.39 is 5.97 Å². The molecule has 108 valence electrons. The van der Waals surface area contributed by atoms with E-state index in [4.69, 9.17) is 14.6 Å². The number of hydrogen-bond acceptors (Lipinski definition) is 4. The van der Waals surface area contributed by atoms with Crippen molar-refractivity contribution in [3.05, 3.63) is 23.8 Å². The summed E-state index contributed by atoms with van der Waals surface area (Å²) in [5, 5.41) is 8.73. The molecule has 2 aliphatic rings. The molecular weight excluding hydrogens is 258 g/mol.